The smallest absolute Gasteiger partial charge is 0.147 e. The molecular formula is C15H22N4. The fourth-order valence-electron chi connectivity index (χ4n) is 4.46. The molecule has 3 aliphatic carbocycles. The fourth-order valence-corrected chi connectivity index (χ4v) is 4.46. The Morgan fingerprint density at radius 1 is 1.05 bits per heavy atom. The molecule has 2 bridgehead atoms. The highest BCUT2D eigenvalue weighted by Gasteiger charge is 2.42. The van der Waals surface area contributed by atoms with Crippen molar-refractivity contribution in [2.45, 2.75) is 57.3 Å². The molecule has 0 aliphatic heterocycles. The van der Waals surface area contributed by atoms with Gasteiger partial charge in [0.25, 0.3) is 0 Å². The first kappa shape index (κ1) is 11.6. The molecule has 0 radical (unpaired) electrons. The number of nitrogens with zero attached hydrogens (tertiary/aromatic N) is 2. The lowest BCUT2D eigenvalue weighted by molar-refractivity contribution is 0.403. The summed E-state index contributed by atoms with van der Waals surface area (Å²) in [6.45, 7) is 0. The number of nitrogen functional groups attached to an aromatic ring is 1. The summed E-state index contributed by atoms with van der Waals surface area (Å²) < 4.78 is 0. The lowest BCUT2D eigenvalue weighted by Gasteiger charge is -2.24. The van der Waals surface area contributed by atoms with Crippen LogP contribution in [0.25, 0.3) is 0 Å². The summed E-state index contributed by atoms with van der Waals surface area (Å²) in [7, 11) is 0. The summed E-state index contributed by atoms with van der Waals surface area (Å²) in [6.07, 6.45) is 10.2. The zero-order valence-corrected chi connectivity index (χ0v) is 11.4. The van der Waals surface area contributed by atoms with Crippen molar-refractivity contribution in [2.75, 3.05) is 5.43 Å². The van der Waals surface area contributed by atoms with Crippen LogP contribution in [0.5, 0.6) is 0 Å². The first-order valence-corrected chi connectivity index (χ1v) is 7.71. The van der Waals surface area contributed by atoms with Crippen molar-refractivity contribution in [3.63, 3.8) is 0 Å². The van der Waals surface area contributed by atoms with E-state index in [4.69, 9.17) is 15.8 Å². The topological polar surface area (TPSA) is 63.8 Å². The SMILES string of the molecule is NNc1nc(C2CC3CCC2C3)nc2c1CCCC2. The lowest BCUT2D eigenvalue weighted by atomic mass is 9.87. The van der Waals surface area contributed by atoms with Gasteiger partial charge in [-0.25, -0.2) is 15.8 Å². The minimum Gasteiger partial charge on any atom is -0.308 e. The Bertz CT molecular complexity index is 482. The number of hydrogen-bond acceptors (Lipinski definition) is 4. The molecule has 3 N–H and O–H groups in total. The molecule has 3 aliphatic rings. The van der Waals surface area contributed by atoms with Crippen LogP contribution in [0.3, 0.4) is 0 Å². The number of hydrazine groups is 1. The summed E-state index contributed by atoms with van der Waals surface area (Å²) in [5.74, 6) is 10.00. The average molecular weight is 258 g/mol. The Balaban J connectivity index is 1.72. The average Bonchev–Trinajstić information content (AvgIpc) is 3.08. The Hall–Kier alpha value is -1.16. The fraction of sp³-hybridized carbons (Fsp3) is 0.733. The van der Waals surface area contributed by atoms with Crippen LogP contribution in [0, 0.1) is 11.8 Å². The third-order valence-electron chi connectivity index (χ3n) is 5.41. The Morgan fingerprint density at radius 3 is 2.68 bits per heavy atom. The van der Waals surface area contributed by atoms with Crippen molar-refractivity contribution < 1.29 is 0 Å². The lowest BCUT2D eigenvalue weighted by Crippen LogP contribution is -2.20. The first-order chi connectivity index (χ1) is 9.35. The van der Waals surface area contributed by atoms with Crippen LogP contribution >= 0.6 is 0 Å². The van der Waals surface area contributed by atoms with Gasteiger partial charge in [-0.2, -0.15) is 0 Å². The van der Waals surface area contributed by atoms with Gasteiger partial charge in [-0.3, -0.25) is 0 Å². The van der Waals surface area contributed by atoms with Gasteiger partial charge in [-0.1, -0.05) is 6.42 Å². The predicted molar refractivity (Wildman–Crippen MR) is 74.7 cm³/mol. The molecule has 4 nitrogen and oxygen atoms in total. The van der Waals surface area contributed by atoms with E-state index in [1.807, 2.05) is 0 Å². The van der Waals surface area contributed by atoms with Gasteiger partial charge >= 0.3 is 0 Å². The Labute approximate surface area is 114 Å². The zero-order chi connectivity index (χ0) is 12.8. The molecule has 1 aromatic rings. The molecule has 1 heterocycles. The number of nitrogens with two attached hydrogens (primary N) is 1. The summed E-state index contributed by atoms with van der Waals surface area (Å²) in [5, 5.41) is 0. The molecule has 3 unspecified atom stereocenters. The van der Waals surface area contributed by atoms with Gasteiger partial charge in [-0.15, -0.1) is 0 Å². The molecule has 2 saturated carbocycles. The second-order valence-corrected chi connectivity index (χ2v) is 6.49. The van der Waals surface area contributed by atoms with Crippen LogP contribution in [0.15, 0.2) is 0 Å². The second kappa shape index (κ2) is 4.44. The molecule has 4 rings (SSSR count). The van der Waals surface area contributed by atoms with Gasteiger partial charge in [0, 0.05) is 17.2 Å². The van der Waals surface area contributed by atoms with E-state index in [1.54, 1.807) is 0 Å². The van der Waals surface area contributed by atoms with Crippen LogP contribution in [-0.4, -0.2) is 9.97 Å². The number of hydrogen-bond donors (Lipinski definition) is 2. The number of nitrogens with one attached hydrogen (secondary N) is 1. The first-order valence-electron chi connectivity index (χ1n) is 7.71. The van der Waals surface area contributed by atoms with Gasteiger partial charge in [0.1, 0.15) is 11.6 Å². The predicted octanol–water partition coefficient (Wildman–Crippen LogP) is 2.54. The minimum absolute atomic E-state index is 0.595. The standard InChI is InChI=1S/C15H22N4/c16-19-15-11-3-1-2-4-13(11)17-14(18-15)12-8-9-5-6-10(12)7-9/h9-10,12H,1-8,16H2,(H,17,18,19). The zero-order valence-electron chi connectivity index (χ0n) is 11.4. The molecular weight excluding hydrogens is 236 g/mol. The van der Waals surface area contributed by atoms with Crippen molar-refractivity contribution in [1.29, 1.82) is 0 Å². The van der Waals surface area contributed by atoms with Crippen LogP contribution < -0.4 is 11.3 Å². The van der Waals surface area contributed by atoms with Crippen LogP contribution in [0.2, 0.25) is 0 Å². The quantitative estimate of drug-likeness (QED) is 0.632. The van der Waals surface area contributed by atoms with Crippen LogP contribution in [-0.2, 0) is 12.8 Å². The van der Waals surface area contributed by atoms with Gasteiger partial charge < -0.3 is 5.43 Å². The van der Waals surface area contributed by atoms with Gasteiger partial charge in [-0.05, 0) is 56.8 Å². The monoisotopic (exact) mass is 258 g/mol. The van der Waals surface area contributed by atoms with E-state index in [9.17, 15) is 0 Å². The highest BCUT2D eigenvalue weighted by Crippen LogP contribution is 2.52. The number of aromatic nitrogens is 2. The summed E-state index contributed by atoms with van der Waals surface area (Å²) in [5.41, 5.74) is 5.33. The molecule has 0 spiro atoms. The molecule has 1 aromatic heterocycles. The maximum Gasteiger partial charge on any atom is 0.147 e. The van der Waals surface area contributed by atoms with Crippen molar-refractivity contribution in [3.8, 4) is 0 Å². The third-order valence-corrected chi connectivity index (χ3v) is 5.41. The minimum atomic E-state index is 0.595. The number of fused-ring (bicyclic) bond motifs is 3. The molecule has 2 fully saturated rings. The van der Waals surface area contributed by atoms with E-state index in [1.165, 1.54) is 49.8 Å². The summed E-state index contributed by atoms with van der Waals surface area (Å²) in [6, 6.07) is 0. The van der Waals surface area contributed by atoms with Gasteiger partial charge in [0.05, 0.1) is 0 Å². The van der Waals surface area contributed by atoms with Crippen molar-refractivity contribution in [3.05, 3.63) is 17.1 Å². The second-order valence-electron chi connectivity index (χ2n) is 6.49. The largest absolute Gasteiger partial charge is 0.308 e. The highest BCUT2D eigenvalue weighted by molar-refractivity contribution is 5.47. The van der Waals surface area contributed by atoms with E-state index < -0.39 is 0 Å². The molecule has 0 saturated heterocycles. The number of rotatable bonds is 2. The Kier molecular flexibility index (Phi) is 2.72. The molecule has 19 heavy (non-hydrogen) atoms. The van der Waals surface area contributed by atoms with Crippen molar-refractivity contribution in [2.24, 2.45) is 17.7 Å². The van der Waals surface area contributed by atoms with Gasteiger partial charge in [0.15, 0.2) is 0 Å². The molecule has 3 atom stereocenters. The third kappa shape index (κ3) is 1.84. The normalized spacial score (nSPS) is 32.4. The molecule has 4 heteroatoms. The summed E-state index contributed by atoms with van der Waals surface area (Å²) in [4.78, 5) is 9.67. The number of aryl methyl sites for hydroxylation is 1. The molecule has 102 valence electrons. The highest BCUT2D eigenvalue weighted by atomic mass is 15.3. The van der Waals surface area contributed by atoms with E-state index in [0.29, 0.717) is 5.92 Å². The van der Waals surface area contributed by atoms with Crippen LogP contribution in [0.1, 0.15) is 61.5 Å². The van der Waals surface area contributed by atoms with Crippen molar-refractivity contribution in [1.82, 2.24) is 9.97 Å². The van der Waals surface area contributed by atoms with Crippen molar-refractivity contribution >= 4 is 5.82 Å². The van der Waals surface area contributed by atoms with Crippen LogP contribution in [0.4, 0.5) is 5.82 Å². The van der Waals surface area contributed by atoms with E-state index >= 15 is 0 Å². The number of anilines is 1. The molecule has 0 aromatic carbocycles. The summed E-state index contributed by atoms with van der Waals surface area (Å²) >= 11 is 0. The maximum atomic E-state index is 5.68. The van der Waals surface area contributed by atoms with E-state index in [-0.39, 0.29) is 0 Å². The van der Waals surface area contributed by atoms with E-state index in [0.717, 1.165) is 36.3 Å². The Morgan fingerprint density at radius 2 is 1.95 bits per heavy atom. The van der Waals surface area contributed by atoms with E-state index in [2.05, 4.69) is 5.43 Å². The maximum absolute atomic E-state index is 5.68. The van der Waals surface area contributed by atoms with Gasteiger partial charge in [0.2, 0.25) is 0 Å². The molecule has 0 amide bonds.